The molecule has 1 aliphatic rings. The Kier molecular flexibility index (Phi) is 5.73. The van der Waals surface area contributed by atoms with Crippen LogP contribution in [-0.4, -0.2) is 42.9 Å². The van der Waals surface area contributed by atoms with Gasteiger partial charge in [-0.25, -0.2) is 4.79 Å². The van der Waals surface area contributed by atoms with Gasteiger partial charge in [0.15, 0.2) is 0 Å². The van der Waals surface area contributed by atoms with Gasteiger partial charge in [-0.05, 0) is 31.2 Å². The fourth-order valence-electron chi connectivity index (χ4n) is 2.30. The van der Waals surface area contributed by atoms with Crippen molar-refractivity contribution in [3.8, 4) is 0 Å². The molecular formula is C15H23N3OS. The molecule has 1 heterocycles. The van der Waals surface area contributed by atoms with E-state index in [-0.39, 0.29) is 6.03 Å². The number of amides is 2. The number of hydrogen-bond acceptors (Lipinski definition) is 3. The second kappa shape index (κ2) is 7.55. The monoisotopic (exact) mass is 293 g/mol. The Balaban J connectivity index is 1.83. The molecule has 1 fully saturated rings. The van der Waals surface area contributed by atoms with Crippen LogP contribution in [0.5, 0.6) is 0 Å². The summed E-state index contributed by atoms with van der Waals surface area (Å²) in [7, 11) is 0. The minimum Gasteiger partial charge on any atom is -0.336 e. The van der Waals surface area contributed by atoms with E-state index in [1.165, 1.54) is 10.5 Å². The van der Waals surface area contributed by atoms with Crippen molar-refractivity contribution in [2.45, 2.75) is 24.8 Å². The summed E-state index contributed by atoms with van der Waals surface area (Å²) in [5.41, 5.74) is 1.32. The molecule has 2 rings (SSSR count). The molecule has 0 saturated carbocycles. The molecule has 4 nitrogen and oxygen atoms in total. The number of hydrogen-bond donors (Lipinski definition) is 2. The van der Waals surface area contributed by atoms with Gasteiger partial charge < -0.3 is 15.5 Å². The highest BCUT2D eigenvalue weighted by Crippen LogP contribution is 2.22. The van der Waals surface area contributed by atoms with Crippen molar-refractivity contribution in [3.05, 3.63) is 29.8 Å². The van der Waals surface area contributed by atoms with Gasteiger partial charge >= 0.3 is 6.03 Å². The van der Waals surface area contributed by atoms with Gasteiger partial charge in [0.2, 0.25) is 0 Å². The number of carbonyl (C=O) groups is 1. The minimum atomic E-state index is 0.0696. The maximum atomic E-state index is 11.4. The molecule has 1 saturated heterocycles. The number of nitrogens with zero attached hydrogens (tertiary/aromatic N) is 1. The zero-order valence-electron chi connectivity index (χ0n) is 12.2. The molecule has 0 aliphatic carbocycles. The summed E-state index contributed by atoms with van der Waals surface area (Å²) in [6.07, 6.45) is 0. The van der Waals surface area contributed by atoms with E-state index in [1.54, 1.807) is 0 Å². The molecule has 110 valence electrons. The molecule has 2 N–H and O–H groups in total. The molecule has 1 aromatic rings. The summed E-state index contributed by atoms with van der Waals surface area (Å²) in [5.74, 6) is 0.937. The van der Waals surface area contributed by atoms with Crippen molar-refractivity contribution in [2.75, 3.05) is 31.9 Å². The Morgan fingerprint density at radius 2 is 2.35 bits per heavy atom. The average Bonchev–Trinajstić information content (AvgIpc) is 2.85. The first-order valence-corrected chi connectivity index (χ1v) is 8.18. The van der Waals surface area contributed by atoms with Crippen molar-refractivity contribution < 1.29 is 4.79 Å². The maximum Gasteiger partial charge on any atom is 0.317 e. The molecule has 1 atom stereocenters. The van der Waals surface area contributed by atoms with Gasteiger partial charge in [-0.1, -0.05) is 19.1 Å². The summed E-state index contributed by atoms with van der Waals surface area (Å²) in [6, 6.07) is 9.09. The number of urea groups is 1. The first-order chi connectivity index (χ1) is 9.70. The Hall–Kier alpha value is -1.20. The Bertz CT molecular complexity index is 452. The fraction of sp³-hybridized carbons (Fsp3) is 0.533. The lowest BCUT2D eigenvalue weighted by molar-refractivity contribution is 0.220. The molecule has 0 spiro atoms. The van der Waals surface area contributed by atoms with Crippen molar-refractivity contribution >= 4 is 17.8 Å². The van der Waals surface area contributed by atoms with Gasteiger partial charge in [0, 0.05) is 36.3 Å². The molecule has 2 amide bonds. The van der Waals surface area contributed by atoms with Crippen molar-refractivity contribution in [2.24, 2.45) is 0 Å². The minimum absolute atomic E-state index is 0.0696. The van der Waals surface area contributed by atoms with E-state index >= 15 is 0 Å². The number of thioether (sulfide) groups is 1. The van der Waals surface area contributed by atoms with Crippen LogP contribution in [0.4, 0.5) is 4.79 Å². The Morgan fingerprint density at radius 3 is 3.05 bits per heavy atom. The van der Waals surface area contributed by atoms with E-state index in [0.29, 0.717) is 6.04 Å². The van der Waals surface area contributed by atoms with Crippen molar-refractivity contribution in [3.63, 3.8) is 0 Å². The van der Waals surface area contributed by atoms with Crippen LogP contribution in [0.15, 0.2) is 29.2 Å². The topological polar surface area (TPSA) is 44.4 Å². The third-order valence-electron chi connectivity index (χ3n) is 3.44. The fourth-order valence-corrected chi connectivity index (χ4v) is 3.24. The summed E-state index contributed by atoms with van der Waals surface area (Å²) in [5, 5.41) is 6.25. The first kappa shape index (κ1) is 15.2. The Labute approximate surface area is 125 Å². The molecule has 5 heteroatoms. The lowest BCUT2D eigenvalue weighted by Crippen LogP contribution is -2.30. The predicted octanol–water partition coefficient (Wildman–Crippen LogP) is 2.47. The molecule has 1 unspecified atom stereocenters. The first-order valence-electron chi connectivity index (χ1n) is 7.19. The van der Waals surface area contributed by atoms with Crippen LogP contribution in [0, 0.1) is 0 Å². The van der Waals surface area contributed by atoms with E-state index in [4.69, 9.17) is 0 Å². The number of rotatable bonds is 7. The normalized spacial score (nSPS) is 16.3. The third kappa shape index (κ3) is 4.15. The van der Waals surface area contributed by atoms with Gasteiger partial charge in [-0.15, -0.1) is 11.8 Å². The molecule has 20 heavy (non-hydrogen) atoms. The summed E-state index contributed by atoms with van der Waals surface area (Å²) >= 11 is 1.81. The molecular weight excluding hydrogens is 270 g/mol. The summed E-state index contributed by atoms with van der Waals surface area (Å²) in [4.78, 5) is 14.6. The molecule has 0 bridgehead atoms. The molecule has 0 aromatic heterocycles. The molecule has 0 radical (unpaired) electrons. The van der Waals surface area contributed by atoms with Crippen LogP contribution in [0.25, 0.3) is 0 Å². The van der Waals surface area contributed by atoms with E-state index in [9.17, 15) is 4.79 Å². The maximum absolute atomic E-state index is 11.4. The quantitative estimate of drug-likeness (QED) is 0.759. The van der Waals surface area contributed by atoms with Gasteiger partial charge in [-0.3, -0.25) is 0 Å². The summed E-state index contributed by atoms with van der Waals surface area (Å²) < 4.78 is 0. The number of nitrogens with one attached hydrogen (secondary N) is 2. The van der Waals surface area contributed by atoms with E-state index in [1.807, 2.05) is 16.7 Å². The van der Waals surface area contributed by atoms with E-state index in [2.05, 4.69) is 48.7 Å². The van der Waals surface area contributed by atoms with Crippen LogP contribution < -0.4 is 10.6 Å². The second-order valence-electron chi connectivity index (χ2n) is 4.92. The van der Waals surface area contributed by atoms with Crippen molar-refractivity contribution in [1.82, 2.24) is 15.5 Å². The second-order valence-corrected chi connectivity index (χ2v) is 6.09. The third-order valence-corrected chi connectivity index (χ3v) is 4.42. The van der Waals surface area contributed by atoms with E-state index < -0.39 is 0 Å². The van der Waals surface area contributed by atoms with Crippen LogP contribution >= 0.6 is 11.8 Å². The Morgan fingerprint density at radius 1 is 1.50 bits per heavy atom. The highest BCUT2D eigenvalue weighted by molar-refractivity contribution is 7.99. The van der Waals surface area contributed by atoms with Gasteiger partial charge in [0.1, 0.15) is 0 Å². The number of carbonyl (C=O) groups excluding carboxylic acids is 1. The average molecular weight is 293 g/mol. The van der Waals surface area contributed by atoms with Crippen molar-refractivity contribution in [1.29, 1.82) is 0 Å². The van der Waals surface area contributed by atoms with Crippen LogP contribution in [0.3, 0.4) is 0 Å². The SMILES string of the molecule is CCNC(C)c1cccc(SCCN2CCNC2=O)c1. The van der Waals surface area contributed by atoms with Gasteiger partial charge in [0.25, 0.3) is 0 Å². The van der Waals surface area contributed by atoms with Gasteiger partial charge in [-0.2, -0.15) is 0 Å². The zero-order valence-corrected chi connectivity index (χ0v) is 13.0. The number of benzene rings is 1. The molecule has 1 aliphatic heterocycles. The smallest absolute Gasteiger partial charge is 0.317 e. The van der Waals surface area contributed by atoms with Gasteiger partial charge in [0.05, 0.1) is 0 Å². The van der Waals surface area contributed by atoms with Crippen LogP contribution in [-0.2, 0) is 0 Å². The molecule has 1 aromatic carbocycles. The standard InChI is InChI=1S/C15H23N3OS/c1-3-16-12(2)13-5-4-6-14(11-13)20-10-9-18-8-7-17-15(18)19/h4-6,11-12,16H,3,7-10H2,1-2H3,(H,17,19). The predicted molar refractivity (Wildman–Crippen MR) is 84.2 cm³/mol. The summed E-state index contributed by atoms with van der Waals surface area (Å²) in [6.45, 7) is 7.69. The largest absolute Gasteiger partial charge is 0.336 e. The lowest BCUT2D eigenvalue weighted by atomic mass is 10.1. The highest BCUT2D eigenvalue weighted by atomic mass is 32.2. The highest BCUT2D eigenvalue weighted by Gasteiger charge is 2.18. The van der Waals surface area contributed by atoms with Crippen LogP contribution in [0.1, 0.15) is 25.5 Å². The lowest BCUT2D eigenvalue weighted by Gasteiger charge is -2.15. The zero-order chi connectivity index (χ0) is 14.4. The van der Waals surface area contributed by atoms with Crippen LogP contribution in [0.2, 0.25) is 0 Å². The van der Waals surface area contributed by atoms with E-state index in [0.717, 1.165) is 31.9 Å².